The molecule has 0 saturated heterocycles. The quantitative estimate of drug-likeness (QED) is 0.595. The number of fused-ring (bicyclic) bond motifs is 1. The monoisotopic (exact) mass is 278 g/mol. The Bertz CT molecular complexity index is 378. The number of aliphatic hydroxyl groups is 1. The maximum absolute atomic E-state index is 10.7. The average molecular weight is 278 g/mol. The first-order valence-corrected chi connectivity index (χ1v) is 8.96. The van der Waals surface area contributed by atoms with Gasteiger partial charge in [-0.15, -0.1) is 11.3 Å². The predicted molar refractivity (Wildman–Crippen MR) is 81.7 cm³/mol. The van der Waals surface area contributed by atoms with Gasteiger partial charge in [-0.3, -0.25) is 0 Å². The highest BCUT2D eigenvalue weighted by Gasteiger charge is 2.25. The maximum atomic E-state index is 10.7. The summed E-state index contributed by atoms with van der Waals surface area (Å²) >= 11 is 1.91. The van der Waals surface area contributed by atoms with Crippen LogP contribution in [0, 0.1) is 5.92 Å². The summed E-state index contributed by atoms with van der Waals surface area (Å²) in [6, 6.07) is 2.33. The van der Waals surface area contributed by atoms with Crippen LogP contribution in [-0.4, -0.2) is 5.11 Å². The van der Waals surface area contributed by atoms with Crippen molar-refractivity contribution in [2.24, 2.45) is 5.92 Å². The molecule has 0 aromatic carbocycles. The molecule has 1 heterocycles. The minimum absolute atomic E-state index is 0.185. The van der Waals surface area contributed by atoms with E-state index in [0.29, 0.717) is 5.92 Å². The molecular weight excluding hydrogens is 252 g/mol. The first-order chi connectivity index (χ1) is 9.34. The van der Waals surface area contributed by atoms with E-state index >= 15 is 0 Å². The lowest BCUT2D eigenvalue weighted by atomic mass is 9.93. The van der Waals surface area contributed by atoms with E-state index in [9.17, 15) is 5.11 Å². The van der Waals surface area contributed by atoms with Gasteiger partial charge >= 0.3 is 0 Å². The lowest BCUT2D eigenvalue weighted by molar-refractivity contribution is 0.102. The largest absolute Gasteiger partial charge is 0.387 e. The molecule has 0 spiro atoms. The lowest BCUT2D eigenvalue weighted by Gasteiger charge is -2.20. The molecule has 2 aliphatic carbocycles. The van der Waals surface area contributed by atoms with Crippen LogP contribution in [0.1, 0.15) is 79.2 Å². The molecule has 0 amide bonds. The van der Waals surface area contributed by atoms with Crippen LogP contribution in [0.4, 0.5) is 0 Å². The summed E-state index contributed by atoms with van der Waals surface area (Å²) < 4.78 is 0. The molecule has 0 radical (unpaired) electrons. The summed E-state index contributed by atoms with van der Waals surface area (Å²) in [4.78, 5) is 2.83. The second kappa shape index (κ2) is 6.41. The van der Waals surface area contributed by atoms with E-state index in [-0.39, 0.29) is 6.10 Å². The predicted octanol–water partition coefficient (Wildman–Crippen LogP) is 5.02. The van der Waals surface area contributed by atoms with Crippen molar-refractivity contribution in [1.82, 2.24) is 0 Å². The highest BCUT2D eigenvalue weighted by Crippen LogP contribution is 2.39. The Morgan fingerprint density at radius 3 is 2.42 bits per heavy atom. The lowest BCUT2D eigenvalue weighted by Crippen LogP contribution is -2.10. The number of hydrogen-bond acceptors (Lipinski definition) is 2. The van der Waals surface area contributed by atoms with Crippen molar-refractivity contribution in [3.63, 3.8) is 0 Å². The molecule has 2 aliphatic rings. The topological polar surface area (TPSA) is 20.2 Å². The zero-order valence-electron chi connectivity index (χ0n) is 11.9. The van der Waals surface area contributed by atoms with Crippen LogP contribution in [0.5, 0.6) is 0 Å². The second-order valence-electron chi connectivity index (χ2n) is 6.35. The number of hydrogen-bond donors (Lipinski definition) is 1. The van der Waals surface area contributed by atoms with Crippen LogP contribution < -0.4 is 0 Å². The molecule has 0 bridgehead atoms. The van der Waals surface area contributed by atoms with E-state index in [4.69, 9.17) is 0 Å². The normalized spacial score (nSPS) is 23.4. The smallest absolute Gasteiger partial charge is 0.0910 e. The van der Waals surface area contributed by atoms with Gasteiger partial charge < -0.3 is 5.11 Å². The Balaban J connectivity index is 1.73. The second-order valence-corrected chi connectivity index (χ2v) is 7.52. The maximum Gasteiger partial charge on any atom is 0.0910 e. The van der Waals surface area contributed by atoms with Gasteiger partial charge in [0.05, 0.1) is 6.10 Å². The summed E-state index contributed by atoms with van der Waals surface area (Å²) in [6.45, 7) is 0. The van der Waals surface area contributed by atoms with Crippen molar-refractivity contribution >= 4 is 11.3 Å². The van der Waals surface area contributed by atoms with Gasteiger partial charge in [-0.05, 0) is 56.1 Å². The highest BCUT2D eigenvalue weighted by atomic mass is 32.1. The first-order valence-electron chi connectivity index (χ1n) is 8.14. The number of rotatable bonds is 2. The zero-order chi connectivity index (χ0) is 13.1. The fraction of sp³-hybridized carbons (Fsp3) is 0.765. The molecule has 1 saturated carbocycles. The molecule has 1 unspecified atom stereocenters. The fourth-order valence-electron chi connectivity index (χ4n) is 3.70. The van der Waals surface area contributed by atoms with Gasteiger partial charge in [0.25, 0.3) is 0 Å². The molecule has 1 aromatic heterocycles. The van der Waals surface area contributed by atoms with Crippen molar-refractivity contribution in [1.29, 1.82) is 0 Å². The molecule has 0 aliphatic heterocycles. The van der Waals surface area contributed by atoms with E-state index in [1.54, 1.807) is 10.4 Å². The summed E-state index contributed by atoms with van der Waals surface area (Å²) in [7, 11) is 0. The Kier molecular flexibility index (Phi) is 4.60. The average Bonchev–Trinajstić information content (AvgIpc) is 2.65. The number of aliphatic hydroxyl groups excluding tert-OH is 1. The standard InChI is InChI=1S/C17H26OS/c18-17(13-8-4-1-2-5-9-13)16-12-14-10-6-3-7-11-15(14)19-16/h12-13,17-18H,1-11H2. The van der Waals surface area contributed by atoms with Crippen molar-refractivity contribution in [3.8, 4) is 0 Å². The van der Waals surface area contributed by atoms with Gasteiger partial charge in [-0.2, -0.15) is 0 Å². The molecule has 19 heavy (non-hydrogen) atoms. The van der Waals surface area contributed by atoms with Gasteiger partial charge in [-0.1, -0.05) is 32.1 Å². The van der Waals surface area contributed by atoms with Crippen LogP contribution in [0.2, 0.25) is 0 Å². The third-order valence-electron chi connectivity index (χ3n) is 4.90. The van der Waals surface area contributed by atoms with Crippen molar-refractivity contribution in [3.05, 3.63) is 21.4 Å². The highest BCUT2D eigenvalue weighted by molar-refractivity contribution is 7.12. The van der Waals surface area contributed by atoms with Gasteiger partial charge in [0, 0.05) is 9.75 Å². The van der Waals surface area contributed by atoms with E-state index in [1.165, 1.54) is 75.5 Å². The van der Waals surface area contributed by atoms with E-state index in [0.717, 1.165) is 0 Å². The molecule has 1 nitrogen and oxygen atoms in total. The van der Waals surface area contributed by atoms with Crippen molar-refractivity contribution in [2.75, 3.05) is 0 Å². The number of aryl methyl sites for hydroxylation is 2. The molecule has 3 rings (SSSR count). The molecule has 1 aromatic rings. The van der Waals surface area contributed by atoms with Gasteiger partial charge in [0.15, 0.2) is 0 Å². The van der Waals surface area contributed by atoms with Crippen molar-refractivity contribution < 1.29 is 5.11 Å². The van der Waals surface area contributed by atoms with Gasteiger partial charge in [0.1, 0.15) is 0 Å². The molecular formula is C17H26OS. The Hall–Kier alpha value is -0.340. The fourth-order valence-corrected chi connectivity index (χ4v) is 5.03. The van der Waals surface area contributed by atoms with Gasteiger partial charge in [0.2, 0.25) is 0 Å². The van der Waals surface area contributed by atoms with Crippen LogP contribution >= 0.6 is 11.3 Å². The first kappa shape index (κ1) is 13.6. The van der Waals surface area contributed by atoms with Crippen LogP contribution in [0.15, 0.2) is 6.07 Å². The molecule has 1 N–H and O–H groups in total. The summed E-state index contributed by atoms with van der Waals surface area (Å²) in [5.41, 5.74) is 1.55. The molecule has 1 atom stereocenters. The molecule has 2 heteroatoms. The third-order valence-corrected chi connectivity index (χ3v) is 6.21. The zero-order valence-corrected chi connectivity index (χ0v) is 12.7. The Labute approximate surface area is 121 Å². The summed E-state index contributed by atoms with van der Waals surface area (Å²) in [5, 5.41) is 10.7. The number of thiophene rings is 1. The minimum Gasteiger partial charge on any atom is -0.387 e. The van der Waals surface area contributed by atoms with E-state index in [1.807, 2.05) is 11.3 Å². The van der Waals surface area contributed by atoms with Crippen LogP contribution in [-0.2, 0) is 12.8 Å². The minimum atomic E-state index is -0.185. The third kappa shape index (κ3) is 3.22. The molecule has 106 valence electrons. The van der Waals surface area contributed by atoms with Gasteiger partial charge in [-0.25, -0.2) is 0 Å². The summed E-state index contributed by atoms with van der Waals surface area (Å²) in [5.74, 6) is 0.518. The Morgan fingerprint density at radius 1 is 0.947 bits per heavy atom. The SMILES string of the molecule is OC(c1cc2c(s1)CCCCC2)C1CCCCCC1. The van der Waals surface area contributed by atoms with E-state index in [2.05, 4.69) is 6.07 Å². The van der Waals surface area contributed by atoms with Crippen LogP contribution in [0.25, 0.3) is 0 Å². The molecule has 1 fully saturated rings. The summed E-state index contributed by atoms with van der Waals surface area (Å²) in [6.07, 6.45) is 14.2. The van der Waals surface area contributed by atoms with Crippen molar-refractivity contribution in [2.45, 2.75) is 76.7 Å². The van der Waals surface area contributed by atoms with Crippen LogP contribution in [0.3, 0.4) is 0 Å². The van der Waals surface area contributed by atoms with E-state index < -0.39 is 0 Å². The Morgan fingerprint density at radius 2 is 1.63 bits per heavy atom.